The summed E-state index contributed by atoms with van der Waals surface area (Å²) in [6.07, 6.45) is 2.61. The van der Waals surface area contributed by atoms with Gasteiger partial charge in [0.15, 0.2) is 9.84 Å². The molecule has 2 rings (SSSR count). The molecule has 14 heavy (non-hydrogen) atoms. The molecule has 0 spiro atoms. The molecule has 0 aromatic carbocycles. The van der Waals surface area contributed by atoms with Gasteiger partial charge in [0.1, 0.15) is 0 Å². The van der Waals surface area contributed by atoms with Crippen molar-refractivity contribution >= 4 is 9.84 Å². The van der Waals surface area contributed by atoms with Crippen LogP contribution < -0.4 is 5.32 Å². The Morgan fingerprint density at radius 3 is 2.93 bits per heavy atom. The summed E-state index contributed by atoms with van der Waals surface area (Å²) >= 11 is 0. The van der Waals surface area contributed by atoms with Crippen molar-refractivity contribution in [2.75, 3.05) is 24.7 Å². The number of hydrogen-bond donors (Lipinski definition) is 2. The molecule has 0 aliphatic carbocycles. The van der Waals surface area contributed by atoms with E-state index < -0.39 is 9.84 Å². The van der Waals surface area contributed by atoms with Crippen molar-refractivity contribution in [3.05, 3.63) is 0 Å². The SMILES string of the molecule is O=S1(=O)CCC2(CO)CCCNC2C1. The average Bonchev–Trinajstić information content (AvgIpc) is 2.17. The van der Waals surface area contributed by atoms with Gasteiger partial charge in [-0.3, -0.25) is 0 Å². The molecule has 2 aliphatic rings. The highest BCUT2D eigenvalue weighted by Crippen LogP contribution is 2.38. The first-order chi connectivity index (χ1) is 6.58. The van der Waals surface area contributed by atoms with Crippen LogP contribution in [-0.2, 0) is 9.84 Å². The summed E-state index contributed by atoms with van der Waals surface area (Å²) in [5.41, 5.74) is -0.163. The first-order valence-electron chi connectivity index (χ1n) is 5.13. The van der Waals surface area contributed by atoms with Crippen LogP contribution in [0.4, 0.5) is 0 Å². The molecule has 2 atom stereocenters. The number of piperidine rings is 1. The lowest BCUT2D eigenvalue weighted by Crippen LogP contribution is -2.58. The summed E-state index contributed by atoms with van der Waals surface area (Å²) in [5, 5.41) is 12.6. The van der Waals surface area contributed by atoms with Crippen molar-refractivity contribution in [2.45, 2.75) is 25.3 Å². The minimum absolute atomic E-state index is 0.0278. The van der Waals surface area contributed by atoms with Gasteiger partial charge in [0.2, 0.25) is 0 Å². The fourth-order valence-corrected chi connectivity index (χ4v) is 4.47. The molecule has 2 fully saturated rings. The van der Waals surface area contributed by atoms with Gasteiger partial charge in [0.05, 0.1) is 18.1 Å². The van der Waals surface area contributed by atoms with Gasteiger partial charge in [-0.1, -0.05) is 0 Å². The molecule has 0 saturated carbocycles. The van der Waals surface area contributed by atoms with E-state index in [1.54, 1.807) is 0 Å². The van der Waals surface area contributed by atoms with Crippen LogP contribution in [0.1, 0.15) is 19.3 Å². The van der Waals surface area contributed by atoms with Crippen LogP contribution in [0.3, 0.4) is 0 Å². The summed E-state index contributed by atoms with van der Waals surface area (Å²) in [6.45, 7) is 0.988. The van der Waals surface area contributed by atoms with E-state index in [9.17, 15) is 13.5 Å². The largest absolute Gasteiger partial charge is 0.396 e. The number of fused-ring (bicyclic) bond motifs is 1. The Bertz CT molecular complexity index is 314. The molecule has 0 bridgehead atoms. The summed E-state index contributed by atoms with van der Waals surface area (Å²) in [7, 11) is -2.87. The zero-order valence-corrected chi connectivity index (χ0v) is 9.02. The van der Waals surface area contributed by atoms with Crippen molar-refractivity contribution in [3.63, 3.8) is 0 Å². The molecule has 2 N–H and O–H groups in total. The molecule has 5 heteroatoms. The fourth-order valence-electron chi connectivity index (χ4n) is 2.61. The topological polar surface area (TPSA) is 66.4 Å². The average molecular weight is 219 g/mol. The van der Waals surface area contributed by atoms with E-state index >= 15 is 0 Å². The Hall–Kier alpha value is -0.130. The number of nitrogens with one attached hydrogen (secondary N) is 1. The number of rotatable bonds is 1. The monoisotopic (exact) mass is 219 g/mol. The minimum Gasteiger partial charge on any atom is -0.396 e. The highest BCUT2D eigenvalue weighted by atomic mass is 32.2. The van der Waals surface area contributed by atoms with Crippen molar-refractivity contribution in [3.8, 4) is 0 Å². The van der Waals surface area contributed by atoms with Gasteiger partial charge >= 0.3 is 0 Å². The van der Waals surface area contributed by atoms with Gasteiger partial charge in [-0.05, 0) is 25.8 Å². The molecule has 82 valence electrons. The van der Waals surface area contributed by atoms with E-state index in [-0.39, 0.29) is 29.6 Å². The van der Waals surface area contributed by atoms with E-state index in [2.05, 4.69) is 5.32 Å². The summed E-state index contributed by atoms with van der Waals surface area (Å²) in [6, 6.07) is -0.0278. The van der Waals surface area contributed by atoms with Gasteiger partial charge in [-0.2, -0.15) is 0 Å². The van der Waals surface area contributed by atoms with E-state index in [1.165, 1.54) is 0 Å². The van der Waals surface area contributed by atoms with Crippen LogP contribution in [0.5, 0.6) is 0 Å². The number of aliphatic hydroxyl groups is 1. The van der Waals surface area contributed by atoms with Crippen LogP contribution in [-0.4, -0.2) is 44.2 Å². The van der Waals surface area contributed by atoms with E-state index in [4.69, 9.17) is 0 Å². The molecule has 2 saturated heterocycles. The molecule has 2 heterocycles. The lowest BCUT2D eigenvalue weighted by Gasteiger charge is -2.46. The molecule has 0 aromatic rings. The lowest BCUT2D eigenvalue weighted by atomic mass is 9.73. The van der Waals surface area contributed by atoms with Crippen molar-refractivity contribution in [1.29, 1.82) is 0 Å². The summed E-state index contributed by atoms with van der Waals surface area (Å²) in [5.74, 6) is 0.444. The van der Waals surface area contributed by atoms with Gasteiger partial charge in [0.25, 0.3) is 0 Å². The van der Waals surface area contributed by atoms with Gasteiger partial charge in [-0.15, -0.1) is 0 Å². The Labute approximate surface area is 84.6 Å². The Balaban J connectivity index is 2.22. The first-order valence-corrected chi connectivity index (χ1v) is 6.95. The second kappa shape index (κ2) is 3.47. The minimum atomic E-state index is -2.87. The first kappa shape index (κ1) is 10.4. The maximum atomic E-state index is 11.4. The zero-order valence-electron chi connectivity index (χ0n) is 8.20. The third-order valence-corrected chi connectivity index (χ3v) is 5.30. The third-order valence-electron chi connectivity index (χ3n) is 3.63. The maximum Gasteiger partial charge on any atom is 0.151 e. The van der Waals surface area contributed by atoms with Crippen molar-refractivity contribution < 1.29 is 13.5 Å². The van der Waals surface area contributed by atoms with E-state index in [0.717, 1.165) is 19.4 Å². The third kappa shape index (κ3) is 1.68. The highest BCUT2D eigenvalue weighted by Gasteiger charge is 2.46. The normalized spacial score (nSPS) is 41.6. The lowest BCUT2D eigenvalue weighted by molar-refractivity contribution is 0.0516. The van der Waals surface area contributed by atoms with Crippen molar-refractivity contribution in [2.24, 2.45) is 5.41 Å². The van der Waals surface area contributed by atoms with Crippen LogP contribution in [0.25, 0.3) is 0 Å². The quantitative estimate of drug-likeness (QED) is 0.626. The molecule has 0 radical (unpaired) electrons. The van der Waals surface area contributed by atoms with Crippen molar-refractivity contribution in [1.82, 2.24) is 5.32 Å². The molecule has 4 nitrogen and oxygen atoms in total. The summed E-state index contributed by atoms with van der Waals surface area (Å²) < 4.78 is 22.9. The standard InChI is InChI=1S/C9H17NO3S/c11-7-9-2-1-4-10-8(9)6-14(12,13)5-3-9/h8,10-11H,1-7H2. The Kier molecular flexibility index (Phi) is 2.57. The predicted molar refractivity (Wildman–Crippen MR) is 53.8 cm³/mol. The highest BCUT2D eigenvalue weighted by molar-refractivity contribution is 7.91. The van der Waals surface area contributed by atoms with E-state index in [1.807, 2.05) is 0 Å². The van der Waals surface area contributed by atoms with Gasteiger partial charge in [-0.25, -0.2) is 8.42 Å². The zero-order chi connectivity index (χ0) is 10.2. The maximum absolute atomic E-state index is 11.4. The predicted octanol–water partition coefficient (Wildman–Crippen LogP) is -0.464. The second-order valence-corrected chi connectivity index (χ2v) is 6.72. The van der Waals surface area contributed by atoms with Gasteiger partial charge in [0, 0.05) is 11.5 Å². The summed E-state index contributed by atoms with van der Waals surface area (Å²) in [4.78, 5) is 0. The molecule has 0 amide bonds. The second-order valence-electron chi connectivity index (χ2n) is 4.50. The van der Waals surface area contributed by atoms with Crippen LogP contribution in [0, 0.1) is 5.41 Å². The molecule has 2 aliphatic heterocycles. The van der Waals surface area contributed by atoms with Crippen LogP contribution >= 0.6 is 0 Å². The molecular formula is C9H17NO3S. The fraction of sp³-hybridized carbons (Fsp3) is 1.00. The van der Waals surface area contributed by atoms with Crippen LogP contribution in [0.15, 0.2) is 0 Å². The molecule has 0 aromatic heterocycles. The van der Waals surface area contributed by atoms with Gasteiger partial charge < -0.3 is 10.4 Å². The Morgan fingerprint density at radius 1 is 1.43 bits per heavy atom. The number of sulfone groups is 1. The van der Waals surface area contributed by atoms with E-state index in [0.29, 0.717) is 6.42 Å². The smallest absolute Gasteiger partial charge is 0.151 e. The van der Waals surface area contributed by atoms with Crippen LogP contribution in [0.2, 0.25) is 0 Å². The molecular weight excluding hydrogens is 202 g/mol. The molecule has 2 unspecified atom stereocenters. The number of aliphatic hydroxyl groups excluding tert-OH is 1. The number of hydrogen-bond acceptors (Lipinski definition) is 4. The Morgan fingerprint density at radius 2 is 2.21 bits per heavy atom.